The van der Waals surface area contributed by atoms with Gasteiger partial charge in [-0.2, -0.15) is 0 Å². The van der Waals surface area contributed by atoms with Crippen LogP contribution < -0.4 is 10.2 Å². The minimum Gasteiger partial charge on any atom is -0.310 e. The number of hydrogen-bond donors (Lipinski definition) is 1. The summed E-state index contributed by atoms with van der Waals surface area (Å²) in [4.78, 5) is 14.0. The van der Waals surface area contributed by atoms with Gasteiger partial charge >= 0.3 is 0 Å². The SMILES string of the molecule is CCc1ccccc1N1CCNC(C)C1=O. The lowest BCUT2D eigenvalue weighted by atomic mass is 10.1. The number of piperazine rings is 1. The molecule has 1 saturated heterocycles. The Morgan fingerprint density at radius 2 is 2.19 bits per heavy atom. The van der Waals surface area contributed by atoms with Gasteiger partial charge in [-0.15, -0.1) is 0 Å². The Labute approximate surface area is 96.5 Å². The summed E-state index contributed by atoms with van der Waals surface area (Å²) >= 11 is 0. The molecule has 3 heteroatoms. The van der Waals surface area contributed by atoms with Crippen molar-refractivity contribution in [2.24, 2.45) is 0 Å². The smallest absolute Gasteiger partial charge is 0.243 e. The fourth-order valence-electron chi connectivity index (χ4n) is 2.14. The summed E-state index contributed by atoms with van der Waals surface area (Å²) in [6, 6.07) is 8.08. The molecule has 2 rings (SSSR count). The van der Waals surface area contributed by atoms with Crippen LogP contribution in [-0.2, 0) is 11.2 Å². The monoisotopic (exact) mass is 218 g/mol. The third-order valence-corrected chi connectivity index (χ3v) is 3.09. The van der Waals surface area contributed by atoms with Gasteiger partial charge in [-0.25, -0.2) is 0 Å². The van der Waals surface area contributed by atoms with E-state index in [0.717, 1.165) is 25.2 Å². The molecule has 1 heterocycles. The van der Waals surface area contributed by atoms with Crippen molar-refractivity contribution in [2.45, 2.75) is 26.3 Å². The summed E-state index contributed by atoms with van der Waals surface area (Å²) in [6.07, 6.45) is 0.960. The number of carbonyl (C=O) groups excluding carboxylic acids is 1. The first-order chi connectivity index (χ1) is 7.74. The molecule has 16 heavy (non-hydrogen) atoms. The van der Waals surface area contributed by atoms with Gasteiger partial charge in [0, 0.05) is 18.8 Å². The standard InChI is InChI=1S/C13H18N2O/c1-3-11-6-4-5-7-12(11)15-9-8-14-10(2)13(15)16/h4-7,10,14H,3,8-9H2,1-2H3. The zero-order chi connectivity index (χ0) is 11.5. The lowest BCUT2D eigenvalue weighted by molar-refractivity contribution is -0.121. The lowest BCUT2D eigenvalue weighted by Crippen LogP contribution is -2.54. The van der Waals surface area contributed by atoms with Crippen LogP contribution >= 0.6 is 0 Å². The van der Waals surface area contributed by atoms with Gasteiger partial charge in [0.25, 0.3) is 0 Å². The molecule has 1 unspecified atom stereocenters. The average molecular weight is 218 g/mol. The van der Waals surface area contributed by atoms with Crippen molar-refractivity contribution in [3.63, 3.8) is 0 Å². The van der Waals surface area contributed by atoms with Crippen LogP contribution in [0.5, 0.6) is 0 Å². The number of amides is 1. The molecule has 0 aliphatic carbocycles. The van der Waals surface area contributed by atoms with E-state index in [-0.39, 0.29) is 11.9 Å². The number of nitrogens with one attached hydrogen (secondary N) is 1. The molecule has 0 bridgehead atoms. The maximum atomic E-state index is 12.1. The summed E-state index contributed by atoms with van der Waals surface area (Å²) < 4.78 is 0. The maximum Gasteiger partial charge on any atom is 0.243 e. The molecule has 86 valence electrons. The van der Waals surface area contributed by atoms with Crippen LogP contribution in [0.4, 0.5) is 5.69 Å². The Bertz CT molecular complexity index is 389. The second-order valence-electron chi connectivity index (χ2n) is 4.15. The Balaban J connectivity index is 2.32. The molecule has 1 amide bonds. The zero-order valence-electron chi connectivity index (χ0n) is 9.86. The van der Waals surface area contributed by atoms with Gasteiger partial charge in [-0.05, 0) is 25.0 Å². The topological polar surface area (TPSA) is 32.3 Å². The molecule has 1 atom stereocenters. The van der Waals surface area contributed by atoms with Gasteiger partial charge in [-0.3, -0.25) is 4.79 Å². The van der Waals surface area contributed by atoms with Gasteiger partial charge in [0.15, 0.2) is 0 Å². The number of nitrogens with zero attached hydrogens (tertiary/aromatic N) is 1. The zero-order valence-corrected chi connectivity index (χ0v) is 9.86. The molecule has 1 aromatic carbocycles. The van der Waals surface area contributed by atoms with E-state index in [1.807, 2.05) is 30.0 Å². The maximum absolute atomic E-state index is 12.1. The van der Waals surface area contributed by atoms with Crippen LogP contribution in [0.15, 0.2) is 24.3 Å². The average Bonchev–Trinajstić information content (AvgIpc) is 2.33. The lowest BCUT2D eigenvalue weighted by Gasteiger charge is -2.32. The second kappa shape index (κ2) is 4.66. The number of anilines is 1. The van der Waals surface area contributed by atoms with Crippen LogP contribution in [0.25, 0.3) is 0 Å². The van der Waals surface area contributed by atoms with E-state index in [9.17, 15) is 4.79 Å². The highest BCUT2D eigenvalue weighted by Gasteiger charge is 2.26. The highest BCUT2D eigenvalue weighted by Crippen LogP contribution is 2.22. The molecule has 1 N–H and O–H groups in total. The third kappa shape index (κ3) is 1.95. The minimum absolute atomic E-state index is 0.0707. The van der Waals surface area contributed by atoms with E-state index in [2.05, 4.69) is 18.3 Å². The first-order valence-electron chi connectivity index (χ1n) is 5.86. The summed E-state index contributed by atoms with van der Waals surface area (Å²) in [7, 11) is 0. The van der Waals surface area contributed by atoms with E-state index in [1.165, 1.54) is 5.56 Å². The van der Waals surface area contributed by atoms with E-state index < -0.39 is 0 Å². The van der Waals surface area contributed by atoms with Crippen LogP contribution in [0.3, 0.4) is 0 Å². The van der Waals surface area contributed by atoms with Gasteiger partial charge in [0.1, 0.15) is 0 Å². The first-order valence-corrected chi connectivity index (χ1v) is 5.86. The second-order valence-corrected chi connectivity index (χ2v) is 4.15. The number of aryl methyl sites for hydroxylation is 1. The summed E-state index contributed by atoms with van der Waals surface area (Å²) in [5.41, 5.74) is 2.31. The van der Waals surface area contributed by atoms with Gasteiger partial charge in [0.05, 0.1) is 6.04 Å². The molecule has 1 aromatic rings. The molecule has 0 spiro atoms. The molecule has 3 nitrogen and oxygen atoms in total. The van der Waals surface area contributed by atoms with Crippen LogP contribution in [0.1, 0.15) is 19.4 Å². The Kier molecular flexibility index (Phi) is 3.25. The molecule has 1 fully saturated rings. The van der Waals surface area contributed by atoms with Crippen molar-refractivity contribution in [3.8, 4) is 0 Å². The third-order valence-electron chi connectivity index (χ3n) is 3.09. The summed E-state index contributed by atoms with van der Waals surface area (Å²) in [5, 5.41) is 3.18. The van der Waals surface area contributed by atoms with E-state index in [4.69, 9.17) is 0 Å². The molecule has 0 radical (unpaired) electrons. The predicted molar refractivity (Wildman–Crippen MR) is 65.6 cm³/mol. The van der Waals surface area contributed by atoms with E-state index in [1.54, 1.807) is 0 Å². The van der Waals surface area contributed by atoms with Gasteiger partial charge < -0.3 is 10.2 Å². The number of carbonyl (C=O) groups is 1. The van der Waals surface area contributed by atoms with Crippen LogP contribution in [-0.4, -0.2) is 25.0 Å². The van der Waals surface area contributed by atoms with Gasteiger partial charge in [0.2, 0.25) is 5.91 Å². The number of benzene rings is 1. The molecule has 1 aliphatic rings. The van der Waals surface area contributed by atoms with Crippen LogP contribution in [0.2, 0.25) is 0 Å². The van der Waals surface area contributed by atoms with Crippen molar-refractivity contribution in [1.82, 2.24) is 5.32 Å². The molecular formula is C13H18N2O. The van der Waals surface area contributed by atoms with Crippen molar-refractivity contribution >= 4 is 11.6 Å². The Morgan fingerprint density at radius 3 is 2.94 bits per heavy atom. The molecular weight excluding hydrogens is 200 g/mol. The number of para-hydroxylation sites is 1. The quantitative estimate of drug-likeness (QED) is 0.817. The van der Waals surface area contributed by atoms with Crippen molar-refractivity contribution in [3.05, 3.63) is 29.8 Å². The Hall–Kier alpha value is -1.35. The fraction of sp³-hybridized carbons (Fsp3) is 0.462. The minimum atomic E-state index is -0.0707. The van der Waals surface area contributed by atoms with Gasteiger partial charge in [-0.1, -0.05) is 25.1 Å². The van der Waals surface area contributed by atoms with Crippen LogP contribution in [0, 0.1) is 0 Å². The van der Waals surface area contributed by atoms with E-state index in [0.29, 0.717) is 0 Å². The highest BCUT2D eigenvalue weighted by atomic mass is 16.2. The normalized spacial score (nSPS) is 21.2. The van der Waals surface area contributed by atoms with Crippen molar-refractivity contribution in [2.75, 3.05) is 18.0 Å². The highest BCUT2D eigenvalue weighted by molar-refractivity contribution is 5.98. The Morgan fingerprint density at radius 1 is 1.44 bits per heavy atom. The largest absolute Gasteiger partial charge is 0.310 e. The first kappa shape index (κ1) is 11.1. The molecule has 0 saturated carbocycles. The predicted octanol–water partition coefficient (Wildman–Crippen LogP) is 1.57. The van der Waals surface area contributed by atoms with Crippen molar-refractivity contribution < 1.29 is 4.79 Å². The molecule has 1 aliphatic heterocycles. The van der Waals surface area contributed by atoms with E-state index >= 15 is 0 Å². The summed E-state index contributed by atoms with van der Waals surface area (Å²) in [6.45, 7) is 5.67. The fourth-order valence-corrected chi connectivity index (χ4v) is 2.14. The summed E-state index contributed by atoms with van der Waals surface area (Å²) in [5.74, 6) is 0.173. The van der Waals surface area contributed by atoms with Crippen molar-refractivity contribution in [1.29, 1.82) is 0 Å². The number of hydrogen-bond acceptors (Lipinski definition) is 2. The number of rotatable bonds is 2. The molecule has 0 aromatic heterocycles.